The molecular formula is C21H27BrO2Si. The number of fused-ring (bicyclic) bond motifs is 1. The van der Waals surface area contributed by atoms with Crippen molar-refractivity contribution in [3.63, 3.8) is 0 Å². The fourth-order valence-electron chi connectivity index (χ4n) is 2.82. The second kappa shape index (κ2) is 6.80. The van der Waals surface area contributed by atoms with Gasteiger partial charge in [0.05, 0.1) is 6.61 Å². The van der Waals surface area contributed by atoms with Crippen LogP contribution in [0.4, 0.5) is 0 Å². The van der Waals surface area contributed by atoms with Crippen molar-refractivity contribution >= 4 is 24.2 Å². The normalized spacial score (nSPS) is 14.2. The highest BCUT2D eigenvalue weighted by molar-refractivity contribution is 9.10. The molecule has 3 rings (SSSR count). The van der Waals surface area contributed by atoms with Crippen LogP contribution < -0.4 is 9.16 Å². The van der Waals surface area contributed by atoms with Gasteiger partial charge in [0.15, 0.2) is 0 Å². The average molecular weight is 419 g/mol. The lowest BCUT2D eigenvalue weighted by Crippen LogP contribution is -2.43. The Morgan fingerprint density at radius 2 is 1.80 bits per heavy atom. The fraction of sp³-hybridized carbons (Fsp3) is 0.429. The predicted octanol–water partition coefficient (Wildman–Crippen LogP) is 6.36. The predicted molar refractivity (Wildman–Crippen MR) is 110 cm³/mol. The quantitative estimate of drug-likeness (QED) is 0.537. The van der Waals surface area contributed by atoms with Crippen LogP contribution in [0.3, 0.4) is 0 Å². The van der Waals surface area contributed by atoms with E-state index < -0.39 is 8.32 Å². The van der Waals surface area contributed by atoms with Gasteiger partial charge in [0.1, 0.15) is 11.5 Å². The summed E-state index contributed by atoms with van der Waals surface area (Å²) in [6.07, 6.45) is 1.88. The Balaban J connectivity index is 1.76. The largest absolute Gasteiger partial charge is 0.544 e. The van der Waals surface area contributed by atoms with Crippen LogP contribution in [0, 0.1) is 0 Å². The zero-order valence-electron chi connectivity index (χ0n) is 15.8. The molecule has 0 fully saturated rings. The van der Waals surface area contributed by atoms with E-state index in [0.29, 0.717) is 0 Å². The Morgan fingerprint density at radius 3 is 2.44 bits per heavy atom. The van der Waals surface area contributed by atoms with Gasteiger partial charge in [-0.15, -0.1) is 0 Å². The van der Waals surface area contributed by atoms with Crippen LogP contribution in [0.2, 0.25) is 18.1 Å². The molecule has 0 aromatic heterocycles. The van der Waals surface area contributed by atoms with Gasteiger partial charge >= 0.3 is 0 Å². The first-order valence-corrected chi connectivity index (χ1v) is 12.6. The Morgan fingerprint density at radius 1 is 1.12 bits per heavy atom. The van der Waals surface area contributed by atoms with Gasteiger partial charge in [-0.1, -0.05) is 48.8 Å². The topological polar surface area (TPSA) is 18.5 Å². The van der Waals surface area contributed by atoms with Crippen molar-refractivity contribution in [2.24, 2.45) is 0 Å². The maximum absolute atomic E-state index is 6.37. The van der Waals surface area contributed by atoms with E-state index in [1.807, 2.05) is 0 Å². The number of halogens is 1. The van der Waals surface area contributed by atoms with Crippen LogP contribution in [0.15, 0.2) is 40.9 Å². The molecule has 134 valence electrons. The molecule has 0 saturated heterocycles. The van der Waals surface area contributed by atoms with Crippen LogP contribution in [0.5, 0.6) is 11.5 Å². The molecule has 0 unspecified atom stereocenters. The van der Waals surface area contributed by atoms with Crippen molar-refractivity contribution in [3.05, 3.63) is 57.6 Å². The Hall–Kier alpha value is -1.26. The van der Waals surface area contributed by atoms with Gasteiger partial charge in [-0.05, 0) is 59.1 Å². The molecule has 0 N–H and O–H groups in total. The highest BCUT2D eigenvalue weighted by atomic mass is 79.9. The SMILES string of the molecule is CC(C)(C)[Si](C)(C)Oc1ccc(Cc2cc(Br)cc3c2OCC3)cc1. The monoisotopic (exact) mass is 418 g/mol. The first kappa shape index (κ1) is 18.5. The lowest BCUT2D eigenvalue weighted by atomic mass is 10.0. The lowest BCUT2D eigenvalue weighted by Gasteiger charge is -2.36. The second-order valence-electron chi connectivity index (χ2n) is 8.33. The fourth-order valence-corrected chi connectivity index (χ4v) is 4.40. The first-order valence-electron chi connectivity index (χ1n) is 8.88. The molecular weight excluding hydrogens is 392 g/mol. The third kappa shape index (κ3) is 4.12. The van der Waals surface area contributed by atoms with Crippen molar-refractivity contribution in [1.82, 2.24) is 0 Å². The van der Waals surface area contributed by atoms with Gasteiger partial charge in [-0.2, -0.15) is 0 Å². The first-order chi connectivity index (χ1) is 11.7. The Labute approximate surface area is 160 Å². The third-order valence-corrected chi connectivity index (χ3v) is 10.1. The standard InChI is InChI=1S/C21H27BrO2Si/c1-21(2,3)25(4,5)24-19-8-6-15(7-9-19)12-17-14-18(22)13-16-10-11-23-20(16)17/h6-9,13-14H,10-12H2,1-5H3. The highest BCUT2D eigenvalue weighted by Gasteiger charge is 2.38. The number of ether oxygens (including phenoxy) is 1. The summed E-state index contributed by atoms with van der Waals surface area (Å²) >= 11 is 3.62. The average Bonchev–Trinajstić information content (AvgIpc) is 2.96. The van der Waals surface area contributed by atoms with Crippen LogP contribution in [0.25, 0.3) is 0 Å². The van der Waals surface area contributed by atoms with Crippen LogP contribution in [0.1, 0.15) is 37.5 Å². The minimum absolute atomic E-state index is 0.208. The van der Waals surface area contributed by atoms with E-state index in [9.17, 15) is 0 Å². The van der Waals surface area contributed by atoms with Gasteiger partial charge in [0.2, 0.25) is 8.32 Å². The summed E-state index contributed by atoms with van der Waals surface area (Å²) in [6.45, 7) is 12.1. The van der Waals surface area contributed by atoms with Crippen molar-refractivity contribution in [2.45, 2.75) is 51.7 Å². The summed E-state index contributed by atoms with van der Waals surface area (Å²) in [5.74, 6) is 2.05. The number of rotatable bonds is 4. The minimum atomic E-state index is -1.78. The molecule has 4 heteroatoms. The minimum Gasteiger partial charge on any atom is -0.544 e. The van der Waals surface area contributed by atoms with E-state index in [-0.39, 0.29) is 5.04 Å². The maximum Gasteiger partial charge on any atom is 0.250 e. The number of hydrogen-bond donors (Lipinski definition) is 0. The van der Waals surface area contributed by atoms with E-state index >= 15 is 0 Å². The van der Waals surface area contributed by atoms with Crippen molar-refractivity contribution in [2.75, 3.05) is 6.61 Å². The molecule has 0 amide bonds. The molecule has 2 nitrogen and oxygen atoms in total. The lowest BCUT2D eigenvalue weighted by molar-refractivity contribution is 0.354. The highest BCUT2D eigenvalue weighted by Crippen LogP contribution is 2.38. The molecule has 25 heavy (non-hydrogen) atoms. The molecule has 0 bridgehead atoms. The van der Waals surface area contributed by atoms with Gasteiger partial charge in [-0.25, -0.2) is 0 Å². The van der Waals surface area contributed by atoms with E-state index in [0.717, 1.165) is 35.4 Å². The molecule has 2 aromatic rings. The summed E-state index contributed by atoms with van der Waals surface area (Å²) < 4.78 is 13.3. The summed E-state index contributed by atoms with van der Waals surface area (Å²) in [5.41, 5.74) is 3.83. The molecule has 0 spiro atoms. The van der Waals surface area contributed by atoms with Gasteiger partial charge in [0.25, 0.3) is 0 Å². The number of hydrogen-bond acceptors (Lipinski definition) is 2. The van der Waals surface area contributed by atoms with E-state index in [1.54, 1.807) is 0 Å². The molecule has 0 aliphatic carbocycles. The molecule has 0 saturated carbocycles. The smallest absolute Gasteiger partial charge is 0.250 e. The van der Waals surface area contributed by atoms with Crippen molar-refractivity contribution in [3.8, 4) is 11.5 Å². The molecule has 1 heterocycles. The zero-order chi connectivity index (χ0) is 18.2. The Bertz CT molecular complexity index is 761. The zero-order valence-corrected chi connectivity index (χ0v) is 18.4. The summed E-state index contributed by atoms with van der Waals surface area (Å²) in [7, 11) is -1.78. The molecule has 1 aliphatic rings. The van der Waals surface area contributed by atoms with E-state index in [2.05, 4.69) is 86.2 Å². The Kier molecular flexibility index (Phi) is 5.04. The number of benzene rings is 2. The van der Waals surface area contributed by atoms with Crippen molar-refractivity contribution in [1.29, 1.82) is 0 Å². The van der Waals surface area contributed by atoms with E-state index in [1.165, 1.54) is 16.7 Å². The van der Waals surface area contributed by atoms with Crippen LogP contribution in [-0.4, -0.2) is 14.9 Å². The second-order valence-corrected chi connectivity index (χ2v) is 14.0. The third-order valence-electron chi connectivity index (χ3n) is 5.32. The molecule has 2 aromatic carbocycles. The molecule has 0 atom stereocenters. The molecule has 0 radical (unpaired) electrons. The molecule has 1 aliphatic heterocycles. The summed E-state index contributed by atoms with van der Waals surface area (Å²) in [4.78, 5) is 0. The maximum atomic E-state index is 6.37. The van der Waals surface area contributed by atoms with Crippen LogP contribution >= 0.6 is 15.9 Å². The van der Waals surface area contributed by atoms with Gasteiger partial charge < -0.3 is 9.16 Å². The summed E-state index contributed by atoms with van der Waals surface area (Å²) in [5, 5.41) is 0.208. The van der Waals surface area contributed by atoms with E-state index in [4.69, 9.17) is 9.16 Å². The van der Waals surface area contributed by atoms with Crippen LogP contribution in [-0.2, 0) is 12.8 Å². The summed E-state index contributed by atoms with van der Waals surface area (Å²) in [6, 6.07) is 12.9. The van der Waals surface area contributed by atoms with Crippen molar-refractivity contribution < 1.29 is 9.16 Å². The van der Waals surface area contributed by atoms with Gasteiger partial charge in [0, 0.05) is 17.3 Å². The van der Waals surface area contributed by atoms with Gasteiger partial charge in [-0.3, -0.25) is 0 Å².